The summed E-state index contributed by atoms with van der Waals surface area (Å²) in [6.07, 6.45) is 1.20. The van der Waals surface area contributed by atoms with Gasteiger partial charge >= 0.3 is 51.4 Å². The number of rotatable bonds is 4. The maximum Gasteiger partial charge on any atom is 1.00 e. The van der Waals surface area contributed by atoms with E-state index >= 15 is 0 Å². The van der Waals surface area contributed by atoms with Crippen molar-refractivity contribution in [1.82, 2.24) is 0 Å². The summed E-state index contributed by atoms with van der Waals surface area (Å²) in [4.78, 5) is -0.131. The first-order chi connectivity index (χ1) is 6.55. The quantitative estimate of drug-likeness (QED) is 0.474. The van der Waals surface area contributed by atoms with Crippen molar-refractivity contribution in [2.45, 2.75) is 17.7 Å². The molecule has 0 saturated carbocycles. The third-order valence-corrected chi connectivity index (χ3v) is 2.83. The first-order valence-corrected chi connectivity index (χ1v) is 5.70. The Balaban J connectivity index is 0.00000196. The number of benzene rings is 1. The van der Waals surface area contributed by atoms with E-state index in [-0.39, 0.29) is 56.3 Å². The maximum absolute atomic E-state index is 10.8. The van der Waals surface area contributed by atoms with E-state index in [9.17, 15) is 13.0 Å². The Kier molecular flexibility index (Phi) is 7.48. The fourth-order valence-electron chi connectivity index (χ4n) is 1.25. The van der Waals surface area contributed by atoms with Gasteiger partial charge in [0.25, 0.3) is 0 Å². The van der Waals surface area contributed by atoms with Crippen molar-refractivity contribution in [2.24, 2.45) is 5.73 Å². The Morgan fingerprint density at radius 1 is 1.27 bits per heavy atom. The van der Waals surface area contributed by atoms with Gasteiger partial charge in [0.05, 0.1) is 4.90 Å². The van der Waals surface area contributed by atoms with E-state index in [0.717, 1.165) is 0 Å². The largest absolute Gasteiger partial charge is 1.00 e. The van der Waals surface area contributed by atoms with Gasteiger partial charge in [-0.1, -0.05) is 18.2 Å². The molecule has 78 valence electrons. The Bertz CT molecular complexity index is 406. The molecule has 0 radical (unpaired) electrons. The van der Waals surface area contributed by atoms with Crippen LogP contribution in [0.25, 0.3) is 0 Å². The molecule has 1 aromatic carbocycles. The van der Waals surface area contributed by atoms with E-state index in [4.69, 9.17) is 5.73 Å². The fourth-order valence-corrected chi connectivity index (χ4v) is 1.98. The van der Waals surface area contributed by atoms with Crippen molar-refractivity contribution >= 4 is 10.1 Å². The molecule has 0 aromatic heterocycles. The number of aryl methyl sites for hydroxylation is 1. The molecule has 0 atom stereocenters. The van der Waals surface area contributed by atoms with Crippen LogP contribution in [0.5, 0.6) is 0 Å². The number of nitrogens with two attached hydrogens (primary N) is 1. The van der Waals surface area contributed by atoms with Gasteiger partial charge in [-0.3, -0.25) is 0 Å². The first kappa shape index (κ1) is 15.7. The van der Waals surface area contributed by atoms with Crippen LogP contribution in [0.3, 0.4) is 0 Å². The van der Waals surface area contributed by atoms with E-state index in [1.54, 1.807) is 12.1 Å². The molecule has 0 aliphatic rings. The third kappa shape index (κ3) is 5.05. The van der Waals surface area contributed by atoms with Crippen LogP contribution in [0.15, 0.2) is 29.2 Å². The fraction of sp³-hybridized carbons (Fsp3) is 0.333. The zero-order chi connectivity index (χ0) is 10.6. The first-order valence-electron chi connectivity index (χ1n) is 4.29. The molecule has 4 nitrogen and oxygen atoms in total. The van der Waals surface area contributed by atoms with Gasteiger partial charge in [0.1, 0.15) is 10.1 Å². The molecular weight excluding hydrogens is 241 g/mol. The van der Waals surface area contributed by atoms with Crippen LogP contribution in [-0.4, -0.2) is 19.5 Å². The Labute approximate surface area is 132 Å². The molecule has 1 aromatic rings. The maximum atomic E-state index is 10.8. The van der Waals surface area contributed by atoms with Gasteiger partial charge in [0.15, 0.2) is 0 Å². The van der Waals surface area contributed by atoms with Crippen LogP contribution in [0.2, 0.25) is 0 Å². The van der Waals surface area contributed by atoms with E-state index in [1.807, 2.05) is 0 Å². The molecular formula is C9H12KNO3S. The second kappa shape index (κ2) is 7.13. The summed E-state index contributed by atoms with van der Waals surface area (Å²) in [5.74, 6) is 0. The van der Waals surface area contributed by atoms with E-state index in [0.29, 0.717) is 24.9 Å². The van der Waals surface area contributed by atoms with Crippen molar-refractivity contribution in [3.8, 4) is 0 Å². The minimum Gasteiger partial charge on any atom is -0.744 e. The molecule has 15 heavy (non-hydrogen) atoms. The summed E-state index contributed by atoms with van der Waals surface area (Å²) >= 11 is 0. The predicted molar refractivity (Wildman–Crippen MR) is 51.8 cm³/mol. The number of hydrogen-bond acceptors (Lipinski definition) is 4. The Morgan fingerprint density at radius 3 is 2.40 bits per heavy atom. The Hall–Kier alpha value is 0.726. The van der Waals surface area contributed by atoms with E-state index < -0.39 is 10.1 Å². The molecule has 2 N–H and O–H groups in total. The van der Waals surface area contributed by atoms with Crippen LogP contribution >= 0.6 is 0 Å². The van der Waals surface area contributed by atoms with Gasteiger partial charge in [0, 0.05) is 0 Å². The van der Waals surface area contributed by atoms with Crippen molar-refractivity contribution < 1.29 is 64.4 Å². The number of hydrogen-bond donors (Lipinski definition) is 1. The van der Waals surface area contributed by atoms with Crippen LogP contribution in [0.1, 0.15) is 12.0 Å². The van der Waals surface area contributed by atoms with E-state index in [2.05, 4.69) is 0 Å². The summed E-state index contributed by atoms with van der Waals surface area (Å²) in [7, 11) is -4.35. The molecule has 0 aliphatic carbocycles. The van der Waals surface area contributed by atoms with Crippen LogP contribution < -0.4 is 57.1 Å². The molecule has 1 rings (SSSR count). The smallest absolute Gasteiger partial charge is 0.744 e. The van der Waals surface area contributed by atoms with Crippen molar-refractivity contribution in [3.63, 3.8) is 0 Å². The summed E-state index contributed by atoms with van der Waals surface area (Å²) in [6.45, 7) is 0.479. The SMILES string of the molecule is NCCCc1ccccc1S(=O)(=O)[O-].[K+]. The molecule has 0 fully saturated rings. The average Bonchev–Trinajstić information content (AvgIpc) is 2.14. The second-order valence-electron chi connectivity index (χ2n) is 2.95. The zero-order valence-corrected chi connectivity index (χ0v) is 12.6. The molecule has 6 heteroatoms. The summed E-state index contributed by atoms with van der Waals surface area (Å²) in [5.41, 5.74) is 5.86. The molecule has 0 saturated heterocycles. The minimum absolute atomic E-state index is 0. The van der Waals surface area contributed by atoms with Crippen LogP contribution in [0, 0.1) is 0 Å². The minimum atomic E-state index is -4.35. The molecule has 0 bridgehead atoms. The Morgan fingerprint density at radius 2 is 1.87 bits per heavy atom. The van der Waals surface area contributed by atoms with Crippen molar-refractivity contribution in [3.05, 3.63) is 29.8 Å². The standard InChI is InChI=1S/C9H13NO3S.K/c10-7-3-5-8-4-1-2-6-9(8)14(11,12)13;/h1-2,4,6H,3,5,7,10H2,(H,11,12,13);/q;+1/p-1. The normalized spacial score (nSPS) is 10.8. The average molecular weight is 253 g/mol. The van der Waals surface area contributed by atoms with Gasteiger partial charge < -0.3 is 10.3 Å². The molecule has 0 aliphatic heterocycles. The molecule has 0 amide bonds. The van der Waals surface area contributed by atoms with Crippen molar-refractivity contribution in [1.29, 1.82) is 0 Å². The van der Waals surface area contributed by atoms with Gasteiger partial charge in [-0.2, -0.15) is 0 Å². The predicted octanol–water partition coefficient (Wildman–Crippen LogP) is -2.51. The van der Waals surface area contributed by atoms with E-state index in [1.165, 1.54) is 12.1 Å². The second-order valence-corrected chi connectivity index (χ2v) is 4.30. The van der Waals surface area contributed by atoms with Crippen molar-refractivity contribution in [2.75, 3.05) is 6.54 Å². The summed E-state index contributed by atoms with van der Waals surface area (Å²) < 4.78 is 32.5. The summed E-state index contributed by atoms with van der Waals surface area (Å²) in [5, 5.41) is 0. The van der Waals surface area contributed by atoms with Gasteiger partial charge in [-0.05, 0) is 31.0 Å². The van der Waals surface area contributed by atoms with Crippen LogP contribution in [-0.2, 0) is 16.5 Å². The molecule has 0 unspecified atom stereocenters. The van der Waals surface area contributed by atoms with Crippen LogP contribution in [0.4, 0.5) is 0 Å². The van der Waals surface area contributed by atoms with Gasteiger partial charge in [-0.15, -0.1) is 0 Å². The third-order valence-electron chi connectivity index (χ3n) is 1.89. The molecule has 0 heterocycles. The van der Waals surface area contributed by atoms with Gasteiger partial charge in [0.2, 0.25) is 0 Å². The molecule has 0 spiro atoms. The zero-order valence-electron chi connectivity index (χ0n) is 8.64. The summed E-state index contributed by atoms with van der Waals surface area (Å²) in [6, 6.07) is 6.21. The topological polar surface area (TPSA) is 83.2 Å². The van der Waals surface area contributed by atoms with Gasteiger partial charge in [-0.25, -0.2) is 8.42 Å². The monoisotopic (exact) mass is 253 g/mol.